The average molecular weight is 254 g/mol. The number of nitrogens with zero attached hydrogens (tertiary/aromatic N) is 1. The van der Waals surface area contributed by atoms with Gasteiger partial charge in [0.2, 0.25) is 0 Å². The molecule has 1 rings (SSSR count). The Hall–Kier alpha value is -0.0800. The molecule has 108 valence electrons. The van der Waals surface area contributed by atoms with E-state index in [0.29, 0.717) is 0 Å². The van der Waals surface area contributed by atoms with Crippen LogP contribution in [0.4, 0.5) is 0 Å². The second-order valence-electron chi connectivity index (χ2n) is 6.91. The predicted octanol–water partition coefficient (Wildman–Crippen LogP) is 3.65. The number of hydrogen-bond acceptors (Lipinski definition) is 2. The Morgan fingerprint density at radius 3 is 2.11 bits per heavy atom. The van der Waals surface area contributed by atoms with Crippen LogP contribution in [0.1, 0.15) is 65.7 Å². The summed E-state index contributed by atoms with van der Waals surface area (Å²) < 4.78 is 0. The van der Waals surface area contributed by atoms with Crippen LogP contribution in [0, 0.1) is 11.3 Å². The molecule has 0 spiro atoms. The van der Waals surface area contributed by atoms with Crippen molar-refractivity contribution in [3.05, 3.63) is 0 Å². The standard InChI is InChI=1S/C16H34N2/c1-4-18(14-16(2,3)13-17)12-15-10-8-6-5-7-9-11-15/h15H,4-14,17H2,1-3H3. The SMILES string of the molecule is CCN(CC1CCCCCCC1)CC(C)(C)CN. The van der Waals surface area contributed by atoms with E-state index in [2.05, 4.69) is 25.7 Å². The minimum Gasteiger partial charge on any atom is -0.330 e. The quantitative estimate of drug-likeness (QED) is 0.784. The van der Waals surface area contributed by atoms with E-state index < -0.39 is 0 Å². The molecule has 2 nitrogen and oxygen atoms in total. The number of rotatable bonds is 6. The summed E-state index contributed by atoms with van der Waals surface area (Å²) in [4.78, 5) is 2.62. The Morgan fingerprint density at radius 1 is 1.06 bits per heavy atom. The summed E-state index contributed by atoms with van der Waals surface area (Å²) in [5.41, 5.74) is 6.12. The minimum absolute atomic E-state index is 0.262. The highest BCUT2D eigenvalue weighted by Gasteiger charge is 2.21. The lowest BCUT2D eigenvalue weighted by Crippen LogP contribution is -2.41. The Kier molecular flexibility index (Phi) is 7.25. The minimum atomic E-state index is 0.262. The van der Waals surface area contributed by atoms with Crippen LogP contribution in [-0.4, -0.2) is 31.1 Å². The van der Waals surface area contributed by atoms with Crippen LogP contribution in [0.25, 0.3) is 0 Å². The molecule has 2 N–H and O–H groups in total. The van der Waals surface area contributed by atoms with E-state index in [1.807, 2.05) is 0 Å². The topological polar surface area (TPSA) is 29.3 Å². The lowest BCUT2D eigenvalue weighted by Gasteiger charge is -2.34. The molecule has 0 unspecified atom stereocenters. The summed E-state index contributed by atoms with van der Waals surface area (Å²) in [5, 5.41) is 0. The summed E-state index contributed by atoms with van der Waals surface area (Å²) in [6.45, 7) is 11.3. The molecule has 1 aliphatic rings. The molecule has 0 aromatic heterocycles. The average Bonchev–Trinajstić information content (AvgIpc) is 2.31. The Bertz CT molecular complexity index is 205. The van der Waals surface area contributed by atoms with Gasteiger partial charge in [-0.25, -0.2) is 0 Å². The summed E-state index contributed by atoms with van der Waals surface area (Å²) >= 11 is 0. The van der Waals surface area contributed by atoms with Crippen molar-refractivity contribution in [3.8, 4) is 0 Å². The first-order valence-corrected chi connectivity index (χ1v) is 8.00. The van der Waals surface area contributed by atoms with Gasteiger partial charge in [0.25, 0.3) is 0 Å². The highest BCUT2D eigenvalue weighted by molar-refractivity contribution is 4.76. The highest BCUT2D eigenvalue weighted by atomic mass is 15.1. The first-order valence-electron chi connectivity index (χ1n) is 8.00. The van der Waals surface area contributed by atoms with Gasteiger partial charge in [-0.2, -0.15) is 0 Å². The van der Waals surface area contributed by atoms with Gasteiger partial charge >= 0.3 is 0 Å². The van der Waals surface area contributed by atoms with Crippen molar-refractivity contribution in [1.29, 1.82) is 0 Å². The fourth-order valence-corrected chi connectivity index (χ4v) is 3.06. The third-order valence-electron chi connectivity index (χ3n) is 4.39. The van der Waals surface area contributed by atoms with Crippen LogP contribution in [0.2, 0.25) is 0 Å². The molecule has 0 aliphatic heterocycles. The third kappa shape index (κ3) is 6.19. The highest BCUT2D eigenvalue weighted by Crippen LogP contribution is 2.24. The van der Waals surface area contributed by atoms with Gasteiger partial charge in [-0.05, 0) is 37.3 Å². The van der Waals surface area contributed by atoms with Crippen molar-refractivity contribution in [2.75, 3.05) is 26.2 Å². The van der Waals surface area contributed by atoms with E-state index in [0.717, 1.165) is 19.0 Å². The van der Waals surface area contributed by atoms with E-state index in [1.54, 1.807) is 0 Å². The summed E-state index contributed by atoms with van der Waals surface area (Å²) in [6, 6.07) is 0. The van der Waals surface area contributed by atoms with E-state index in [1.165, 1.54) is 58.0 Å². The van der Waals surface area contributed by atoms with Crippen LogP contribution in [0.15, 0.2) is 0 Å². The first-order chi connectivity index (χ1) is 8.57. The van der Waals surface area contributed by atoms with Gasteiger partial charge < -0.3 is 10.6 Å². The molecule has 0 aromatic carbocycles. The van der Waals surface area contributed by atoms with Gasteiger partial charge in [0.1, 0.15) is 0 Å². The zero-order chi connectivity index (χ0) is 13.4. The number of nitrogens with two attached hydrogens (primary N) is 1. The van der Waals surface area contributed by atoms with Gasteiger partial charge in [-0.1, -0.05) is 52.9 Å². The molecule has 0 aromatic rings. The predicted molar refractivity (Wildman–Crippen MR) is 80.8 cm³/mol. The van der Waals surface area contributed by atoms with Crippen molar-refractivity contribution in [3.63, 3.8) is 0 Å². The Labute approximate surface area is 114 Å². The molecule has 1 aliphatic carbocycles. The van der Waals surface area contributed by atoms with Crippen molar-refractivity contribution in [2.45, 2.75) is 65.7 Å². The molecule has 0 amide bonds. The molecule has 0 saturated heterocycles. The normalized spacial score (nSPS) is 19.8. The van der Waals surface area contributed by atoms with Crippen LogP contribution < -0.4 is 5.73 Å². The molecule has 0 bridgehead atoms. The summed E-state index contributed by atoms with van der Waals surface area (Å²) in [7, 11) is 0. The van der Waals surface area contributed by atoms with E-state index in [-0.39, 0.29) is 5.41 Å². The van der Waals surface area contributed by atoms with Crippen LogP contribution in [-0.2, 0) is 0 Å². The largest absolute Gasteiger partial charge is 0.330 e. The molecule has 0 radical (unpaired) electrons. The van der Waals surface area contributed by atoms with Gasteiger partial charge in [0.05, 0.1) is 0 Å². The van der Waals surface area contributed by atoms with Crippen molar-refractivity contribution in [2.24, 2.45) is 17.1 Å². The molecule has 1 fully saturated rings. The Balaban J connectivity index is 2.40. The van der Waals surface area contributed by atoms with Gasteiger partial charge in [0, 0.05) is 13.1 Å². The second-order valence-corrected chi connectivity index (χ2v) is 6.91. The number of hydrogen-bond donors (Lipinski definition) is 1. The van der Waals surface area contributed by atoms with Crippen molar-refractivity contribution < 1.29 is 0 Å². The molecular weight excluding hydrogens is 220 g/mol. The van der Waals surface area contributed by atoms with Crippen molar-refractivity contribution >= 4 is 0 Å². The third-order valence-corrected chi connectivity index (χ3v) is 4.39. The van der Waals surface area contributed by atoms with Crippen LogP contribution in [0.3, 0.4) is 0 Å². The summed E-state index contributed by atoms with van der Waals surface area (Å²) in [5.74, 6) is 0.929. The van der Waals surface area contributed by atoms with Gasteiger partial charge in [-0.15, -0.1) is 0 Å². The van der Waals surface area contributed by atoms with Crippen molar-refractivity contribution in [1.82, 2.24) is 4.90 Å². The fraction of sp³-hybridized carbons (Fsp3) is 1.00. The van der Waals surface area contributed by atoms with Gasteiger partial charge in [-0.3, -0.25) is 0 Å². The maximum Gasteiger partial charge on any atom is 0.00447 e. The smallest absolute Gasteiger partial charge is 0.00447 e. The zero-order valence-electron chi connectivity index (χ0n) is 12.9. The first kappa shape index (κ1) is 16.0. The lowest BCUT2D eigenvalue weighted by atomic mass is 9.89. The lowest BCUT2D eigenvalue weighted by molar-refractivity contribution is 0.155. The Morgan fingerprint density at radius 2 is 1.61 bits per heavy atom. The van der Waals surface area contributed by atoms with Gasteiger partial charge in [0.15, 0.2) is 0 Å². The molecule has 0 heterocycles. The fourth-order valence-electron chi connectivity index (χ4n) is 3.06. The zero-order valence-corrected chi connectivity index (χ0v) is 12.9. The van der Waals surface area contributed by atoms with E-state index >= 15 is 0 Å². The molecule has 0 atom stereocenters. The molecular formula is C16H34N2. The molecule has 1 saturated carbocycles. The molecule has 2 heteroatoms. The monoisotopic (exact) mass is 254 g/mol. The van der Waals surface area contributed by atoms with E-state index in [4.69, 9.17) is 5.73 Å². The maximum absolute atomic E-state index is 5.86. The molecule has 18 heavy (non-hydrogen) atoms. The van der Waals surface area contributed by atoms with E-state index in [9.17, 15) is 0 Å². The van der Waals surface area contributed by atoms with Crippen LogP contribution in [0.5, 0.6) is 0 Å². The maximum atomic E-state index is 5.86. The van der Waals surface area contributed by atoms with Crippen LogP contribution >= 0.6 is 0 Å². The summed E-state index contributed by atoms with van der Waals surface area (Å²) in [6.07, 6.45) is 10.2. The second kappa shape index (κ2) is 8.16.